The summed E-state index contributed by atoms with van der Waals surface area (Å²) in [7, 11) is -2.49. The van der Waals surface area contributed by atoms with Crippen LogP contribution in [0, 0.1) is 0 Å². The lowest BCUT2D eigenvalue weighted by molar-refractivity contribution is -0.117. The van der Waals surface area contributed by atoms with E-state index in [-0.39, 0.29) is 11.3 Å². The van der Waals surface area contributed by atoms with Gasteiger partial charge in [-0.2, -0.15) is 4.72 Å². The zero-order valence-electron chi connectivity index (χ0n) is 18.2. The fraction of sp³-hybridized carbons (Fsp3) is 0.208. The molecule has 0 fully saturated rings. The molecule has 3 aromatic carbocycles. The molecule has 3 rings (SSSR count). The Labute approximate surface area is 198 Å². The molecular weight excluding hydrogens is 464 g/mol. The van der Waals surface area contributed by atoms with Crippen molar-refractivity contribution < 1.29 is 22.7 Å². The van der Waals surface area contributed by atoms with Crippen LogP contribution in [0.25, 0.3) is 0 Å². The molecule has 0 bridgehead atoms. The maximum absolute atomic E-state index is 13.1. The van der Waals surface area contributed by atoms with Gasteiger partial charge in [0.15, 0.2) is 0 Å². The summed E-state index contributed by atoms with van der Waals surface area (Å²) in [6.45, 7) is 2.31. The molecule has 1 amide bonds. The number of halogens is 1. The lowest BCUT2D eigenvalue weighted by Crippen LogP contribution is -2.45. The van der Waals surface area contributed by atoms with Gasteiger partial charge in [0.1, 0.15) is 17.5 Å². The Morgan fingerprint density at radius 1 is 1.03 bits per heavy atom. The van der Waals surface area contributed by atoms with Crippen LogP contribution in [-0.4, -0.2) is 34.1 Å². The molecule has 7 nitrogen and oxygen atoms in total. The van der Waals surface area contributed by atoms with Gasteiger partial charge in [-0.05, 0) is 61.4 Å². The first kappa shape index (κ1) is 24.6. The zero-order chi connectivity index (χ0) is 23.8. The van der Waals surface area contributed by atoms with E-state index >= 15 is 0 Å². The minimum absolute atomic E-state index is 0.0318. The molecule has 0 radical (unpaired) electrons. The third kappa shape index (κ3) is 6.71. The quantitative estimate of drug-likeness (QED) is 0.444. The summed E-state index contributed by atoms with van der Waals surface area (Å²) in [5.41, 5.74) is 1.23. The summed E-state index contributed by atoms with van der Waals surface area (Å²) in [5, 5.41) is 3.05. The van der Waals surface area contributed by atoms with Crippen molar-refractivity contribution in [2.24, 2.45) is 0 Å². The van der Waals surface area contributed by atoms with Gasteiger partial charge in [-0.25, -0.2) is 8.42 Å². The van der Waals surface area contributed by atoms with Gasteiger partial charge < -0.3 is 14.8 Å². The third-order valence-electron chi connectivity index (χ3n) is 4.76. The van der Waals surface area contributed by atoms with E-state index in [0.29, 0.717) is 28.8 Å². The van der Waals surface area contributed by atoms with Gasteiger partial charge in [-0.1, -0.05) is 41.9 Å². The molecule has 0 aromatic heterocycles. The number of ether oxygens (including phenoxy) is 2. The molecule has 0 aliphatic heterocycles. The highest BCUT2D eigenvalue weighted by atomic mass is 35.5. The van der Waals surface area contributed by atoms with Crippen LogP contribution >= 0.6 is 11.6 Å². The average Bonchev–Trinajstić information content (AvgIpc) is 2.80. The van der Waals surface area contributed by atoms with Gasteiger partial charge in [0, 0.05) is 5.69 Å². The molecule has 0 aliphatic carbocycles. The van der Waals surface area contributed by atoms with Crippen molar-refractivity contribution in [3.05, 3.63) is 83.4 Å². The SMILES string of the molecule is CCOc1ccc(S(=O)(=O)NC(Cc2ccccc2)C(=O)Nc2ccc(OC)c(Cl)c2)cc1. The molecule has 1 atom stereocenters. The topological polar surface area (TPSA) is 93.7 Å². The third-order valence-corrected chi connectivity index (χ3v) is 6.54. The smallest absolute Gasteiger partial charge is 0.242 e. The minimum Gasteiger partial charge on any atom is -0.495 e. The molecule has 0 saturated carbocycles. The van der Waals surface area contributed by atoms with Crippen LogP contribution in [-0.2, 0) is 21.2 Å². The number of anilines is 1. The Balaban J connectivity index is 1.84. The maximum Gasteiger partial charge on any atom is 0.242 e. The molecule has 0 spiro atoms. The van der Waals surface area contributed by atoms with Gasteiger partial charge in [-0.3, -0.25) is 4.79 Å². The fourth-order valence-electron chi connectivity index (χ4n) is 3.15. The first-order chi connectivity index (χ1) is 15.8. The van der Waals surface area contributed by atoms with E-state index in [1.165, 1.54) is 19.2 Å². The monoisotopic (exact) mass is 488 g/mol. The van der Waals surface area contributed by atoms with Crippen molar-refractivity contribution in [2.45, 2.75) is 24.3 Å². The minimum atomic E-state index is -3.98. The number of amides is 1. The molecular formula is C24H25ClN2O5S. The van der Waals surface area contributed by atoms with Crippen LogP contribution in [0.2, 0.25) is 5.02 Å². The number of hydrogen-bond donors (Lipinski definition) is 2. The predicted octanol–water partition coefficient (Wildman–Crippen LogP) is 4.28. The van der Waals surface area contributed by atoms with E-state index in [2.05, 4.69) is 10.0 Å². The second-order valence-electron chi connectivity index (χ2n) is 7.11. The normalized spacial score (nSPS) is 12.1. The van der Waals surface area contributed by atoms with Gasteiger partial charge in [-0.15, -0.1) is 0 Å². The fourth-order valence-corrected chi connectivity index (χ4v) is 4.60. The first-order valence-electron chi connectivity index (χ1n) is 10.3. The van der Waals surface area contributed by atoms with Crippen LogP contribution < -0.4 is 19.5 Å². The van der Waals surface area contributed by atoms with Gasteiger partial charge >= 0.3 is 0 Å². The molecule has 1 unspecified atom stereocenters. The van der Waals surface area contributed by atoms with Crippen molar-refractivity contribution in [3.63, 3.8) is 0 Å². The second kappa shape index (κ2) is 11.2. The van der Waals surface area contributed by atoms with E-state index in [4.69, 9.17) is 21.1 Å². The Hall–Kier alpha value is -3.07. The molecule has 33 heavy (non-hydrogen) atoms. The second-order valence-corrected chi connectivity index (χ2v) is 9.23. The average molecular weight is 489 g/mol. The van der Waals surface area contributed by atoms with Crippen molar-refractivity contribution in [1.29, 1.82) is 0 Å². The van der Waals surface area contributed by atoms with Crippen molar-refractivity contribution in [2.75, 3.05) is 19.0 Å². The standard InChI is InChI=1S/C24H25ClN2O5S/c1-3-32-19-10-12-20(13-11-19)33(29,30)27-22(15-17-7-5-4-6-8-17)24(28)26-18-9-14-23(31-2)21(25)16-18/h4-14,16,22,27H,3,15H2,1-2H3,(H,26,28). The zero-order valence-corrected chi connectivity index (χ0v) is 19.8. The van der Waals surface area contributed by atoms with Crippen molar-refractivity contribution in [3.8, 4) is 11.5 Å². The Kier molecular flexibility index (Phi) is 8.32. The molecule has 9 heteroatoms. The van der Waals surface area contributed by atoms with Crippen LogP contribution in [0.5, 0.6) is 11.5 Å². The molecule has 0 saturated heterocycles. The van der Waals surface area contributed by atoms with E-state index < -0.39 is 22.0 Å². The van der Waals surface area contributed by atoms with E-state index in [1.807, 2.05) is 37.3 Å². The largest absolute Gasteiger partial charge is 0.495 e. The number of sulfonamides is 1. The predicted molar refractivity (Wildman–Crippen MR) is 129 cm³/mol. The van der Waals surface area contributed by atoms with Gasteiger partial charge in [0.25, 0.3) is 0 Å². The highest BCUT2D eigenvalue weighted by Crippen LogP contribution is 2.27. The number of methoxy groups -OCH3 is 1. The van der Waals surface area contributed by atoms with Crippen LogP contribution in [0.15, 0.2) is 77.7 Å². The van der Waals surface area contributed by atoms with E-state index in [0.717, 1.165) is 5.56 Å². The Morgan fingerprint density at radius 2 is 1.73 bits per heavy atom. The Morgan fingerprint density at radius 3 is 2.33 bits per heavy atom. The summed E-state index contributed by atoms with van der Waals surface area (Å²) < 4.78 is 39.1. The van der Waals surface area contributed by atoms with Crippen LogP contribution in [0.3, 0.4) is 0 Å². The van der Waals surface area contributed by atoms with Gasteiger partial charge in [0.2, 0.25) is 15.9 Å². The summed E-state index contributed by atoms with van der Waals surface area (Å²) >= 11 is 6.15. The van der Waals surface area contributed by atoms with Crippen LogP contribution in [0.4, 0.5) is 5.69 Å². The number of hydrogen-bond acceptors (Lipinski definition) is 5. The maximum atomic E-state index is 13.1. The summed E-state index contributed by atoms with van der Waals surface area (Å²) in [4.78, 5) is 13.1. The first-order valence-corrected chi connectivity index (χ1v) is 12.1. The number of carbonyl (C=O) groups is 1. The Bertz CT molecular complexity index is 1190. The number of nitrogens with one attached hydrogen (secondary N) is 2. The number of benzene rings is 3. The van der Waals surface area contributed by atoms with Crippen molar-refractivity contribution >= 4 is 33.2 Å². The van der Waals surface area contributed by atoms with Crippen LogP contribution in [0.1, 0.15) is 12.5 Å². The summed E-state index contributed by atoms with van der Waals surface area (Å²) in [6.07, 6.45) is 0.160. The highest BCUT2D eigenvalue weighted by molar-refractivity contribution is 7.89. The van der Waals surface area contributed by atoms with Gasteiger partial charge in [0.05, 0.1) is 23.6 Å². The molecule has 174 valence electrons. The lowest BCUT2D eigenvalue weighted by Gasteiger charge is -2.19. The molecule has 0 aliphatic rings. The highest BCUT2D eigenvalue weighted by Gasteiger charge is 2.26. The number of carbonyl (C=O) groups excluding carboxylic acids is 1. The van der Waals surface area contributed by atoms with E-state index in [9.17, 15) is 13.2 Å². The summed E-state index contributed by atoms with van der Waals surface area (Å²) in [5.74, 6) is 0.507. The van der Waals surface area contributed by atoms with E-state index in [1.54, 1.807) is 30.3 Å². The number of rotatable bonds is 10. The lowest BCUT2D eigenvalue weighted by atomic mass is 10.1. The van der Waals surface area contributed by atoms with Crippen molar-refractivity contribution in [1.82, 2.24) is 4.72 Å². The molecule has 2 N–H and O–H groups in total. The molecule has 0 heterocycles. The summed E-state index contributed by atoms with van der Waals surface area (Å²) in [6, 6.07) is 18.9. The molecule has 3 aromatic rings.